The third-order valence-electron chi connectivity index (χ3n) is 6.77. The molecule has 1 aliphatic rings. The summed E-state index contributed by atoms with van der Waals surface area (Å²) in [5, 5.41) is 0. The Morgan fingerprint density at radius 2 is 1.02 bits per heavy atom. The lowest BCUT2D eigenvalue weighted by Gasteiger charge is -2.25. The van der Waals surface area contributed by atoms with Gasteiger partial charge in [-0.1, -0.05) is 121 Å². The molecule has 8 heteroatoms. The number of sulfonamides is 1. The monoisotopic (exact) mass is 573 g/mol. The quantitative estimate of drug-likeness (QED) is 0.223. The van der Waals surface area contributed by atoms with Gasteiger partial charge in [0, 0.05) is 0 Å². The maximum absolute atomic E-state index is 13.2. The molecule has 0 saturated carbocycles. The van der Waals surface area contributed by atoms with Crippen molar-refractivity contribution in [1.82, 2.24) is 4.72 Å². The summed E-state index contributed by atoms with van der Waals surface area (Å²) >= 11 is 0. The largest absolute Gasteiger partial charge is 0.374 e. The van der Waals surface area contributed by atoms with E-state index in [1.54, 1.807) is 12.1 Å². The number of benzene rings is 4. The molecule has 0 aliphatic carbocycles. The summed E-state index contributed by atoms with van der Waals surface area (Å²) in [4.78, 5) is 0. The molecule has 7 nitrogen and oxygen atoms in total. The van der Waals surface area contributed by atoms with E-state index in [0.717, 1.165) is 16.7 Å². The normalized spacial score (nSPS) is 20.7. The second-order valence-corrected chi connectivity index (χ2v) is 11.7. The highest BCUT2D eigenvalue weighted by molar-refractivity contribution is 7.88. The first-order valence-electron chi connectivity index (χ1n) is 13.7. The average molecular weight is 574 g/mol. The summed E-state index contributed by atoms with van der Waals surface area (Å²) in [5.41, 5.74) is 3.67. The molecule has 41 heavy (non-hydrogen) atoms. The van der Waals surface area contributed by atoms with E-state index in [4.69, 9.17) is 18.9 Å². The molecule has 1 N–H and O–H groups in total. The average Bonchev–Trinajstić information content (AvgIpc) is 3.31. The van der Waals surface area contributed by atoms with Gasteiger partial charge in [0.25, 0.3) is 0 Å². The fourth-order valence-electron chi connectivity index (χ4n) is 4.75. The fourth-order valence-corrected chi connectivity index (χ4v) is 6.01. The van der Waals surface area contributed by atoms with Crippen LogP contribution in [0.2, 0.25) is 0 Å². The summed E-state index contributed by atoms with van der Waals surface area (Å²) in [6.45, 7) is 1.19. The number of hydrogen-bond donors (Lipinski definition) is 1. The first kappa shape index (κ1) is 29.1. The Labute approximate surface area is 242 Å². The van der Waals surface area contributed by atoms with Crippen molar-refractivity contribution in [3.63, 3.8) is 0 Å². The Hall–Kier alpha value is -3.37. The molecule has 1 fully saturated rings. The van der Waals surface area contributed by atoms with E-state index in [2.05, 4.69) is 4.72 Å². The van der Waals surface area contributed by atoms with Crippen LogP contribution in [-0.2, 0) is 54.5 Å². The first-order chi connectivity index (χ1) is 20.1. The second-order valence-electron chi connectivity index (χ2n) is 9.98. The number of nitrogens with one attached hydrogen (secondary N) is 1. The minimum absolute atomic E-state index is 0.177. The Morgan fingerprint density at radius 3 is 1.54 bits per heavy atom. The molecule has 0 radical (unpaired) electrons. The van der Waals surface area contributed by atoms with Crippen molar-refractivity contribution < 1.29 is 27.4 Å². The molecule has 214 valence electrons. The number of ether oxygens (including phenoxy) is 4. The van der Waals surface area contributed by atoms with Crippen LogP contribution in [0.25, 0.3) is 0 Å². The van der Waals surface area contributed by atoms with Crippen LogP contribution in [0.4, 0.5) is 0 Å². The third kappa shape index (κ3) is 8.81. The Bertz CT molecular complexity index is 1420. The van der Waals surface area contributed by atoms with Crippen LogP contribution in [-0.4, -0.2) is 39.6 Å². The van der Waals surface area contributed by atoms with Crippen LogP contribution in [0.15, 0.2) is 121 Å². The lowest BCUT2D eigenvalue weighted by Crippen LogP contribution is -2.46. The molecule has 1 heterocycles. The molecular weight excluding hydrogens is 538 g/mol. The smallest absolute Gasteiger partial charge is 0.218 e. The van der Waals surface area contributed by atoms with Crippen molar-refractivity contribution in [2.75, 3.05) is 6.61 Å². The highest BCUT2D eigenvalue weighted by Gasteiger charge is 2.48. The zero-order valence-corrected chi connectivity index (χ0v) is 23.6. The van der Waals surface area contributed by atoms with E-state index >= 15 is 0 Å². The molecule has 0 spiro atoms. The standard InChI is InChI=1S/C33H35NO6S/c35-41(36,25-29-19-11-4-12-20-29)34-33-32(39-23-28-17-9-3-10-18-28)31(38-22-27-15-7-2-8-16-27)30(40-33)24-37-21-26-13-5-1-6-14-26/h1-20,30-34H,21-25H2/t30-,31-,32-,33-/m1/s1. The molecule has 0 bridgehead atoms. The minimum Gasteiger partial charge on any atom is -0.374 e. The predicted octanol–water partition coefficient (Wildman–Crippen LogP) is 5.22. The first-order valence-corrected chi connectivity index (χ1v) is 15.3. The van der Waals surface area contributed by atoms with Crippen molar-refractivity contribution in [3.05, 3.63) is 144 Å². The lowest BCUT2D eigenvalue weighted by atomic mass is 10.1. The Balaban J connectivity index is 1.35. The SMILES string of the molecule is O=S(=O)(Cc1ccccc1)N[C@@H]1O[C@H](COCc2ccccc2)[C@@H](OCc2ccccc2)[C@H]1OCc1ccccc1. The zero-order chi connectivity index (χ0) is 28.3. The maximum atomic E-state index is 13.2. The molecule has 1 aliphatic heterocycles. The number of rotatable bonds is 14. The molecule has 0 unspecified atom stereocenters. The van der Waals surface area contributed by atoms with Crippen LogP contribution in [0.5, 0.6) is 0 Å². The fraction of sp³-hybridized carbons (Fsp3) is 0.273. The Morgan fingerprint density at radius 1 is 0.585 bits per heavy atom. The Kier molecular flexibility index (Phi) is 10.3. The molecule has 4 atom stereocenters. The molecule has 4 aromatic rings. The third-order valence-corrected chi connectivity index (χ3v) is 8.07. The number of hydrogen-bond acceptors (Lipinski definition) is 6. The van der Waals surface area contributed by atoms with E-state index in [9.17, 15) is 8.42 Å². The summed E-state index contributed by atoms with van der Waals surface area (Å²) in [5.74, 6) is -0.177. The van der Waals surface area contributed by atoms with E-state index in [0.29, 0.717) is 18.8 Å². The molecule has 0 aromatic heterocycles. The van der Waals surface area contributed by atoms with E-state index in [1.807, 2.05) is 109 Å². The van der Waals surface area contributed by atoms with Gasteiger partial charge in [0.15, 0.2) is 6.23 Å². The van der Waals surface area contributed by atoms with Gasteiger partial charge in [0.1, 0.15) is 18.3 Å². The van der Waals surface area contributed by atoms with Crippen molar-refractivity contribution in [1.29, 1.82) is 0 Å². The van der Waals surface area contributed by atoms with Crippen LogP contribution in [0.1, 0.15) is 22.3 Å². The second kappa shape index (κ2) is 14.5. The summed E-state index contributed by atoms with van der Waals surface area (Å²) in [7, 11) is -3.76. The van der Waals surface area contributed by atoms with Crippen LogP contribution in [0, 0.1) is 0 Å². The van der Waals surface area contributed by atoms with Gasteiger partial charge in [0.05, 0.1) is 32.2 Å². The predicted molar refractivity (Wildman–Crippen MR) is 157 cm³/mol. The van der Waals surface area contributed by atoms with Crippen molar-refractivity contribution in [2.45, 2.75) is 50.1 Å². The van der Waals surface area contributed by atoms with Gasteiger partial charge in [0.2, 0.25) is 10.0 Å². The van der Waals surface area contributed by atoms with Crippen LogP contribution < -0.4 is 4.72 Å². The van der Waals surface area contributed by atoms with Crippen molar-refractivity contribution in [3.8, 4) is 0 Å². The van der Waals surface area contributed by atoms with Gasteiger partial charge in [-0.2, -0.15) is 4.72 Å². The van der Waals surface area contributed by atoms with E-state index in [1.165, 1.54) is 0 Å². The highest BCUT2D eigenvalue weighted by Crippen LogP contribution is 2.29. The van der Waals surface area contributed by atoms with Crippen LogP contribution >= 0.6 is 0 Å². The van der Waals surface area contributed by atoms with Gasteiger partial charge in [-0.25, -0.2) is 8.42 Å². The summed E-state index contributed by atoms with van der Waals surface area (Å²) in [6.07, 6.45) is -2.82. The van der Waals surface area contributed by atoms with Crippen molar-refractivity contribution in [2.24, 2.45) is 0 Å². The topological polar surface area (TPSA) is 83.1 Å². The van der Waals surface area contributed by atoms with E-state index in [-0.39, 0.29) is 19.0 Å². The lowest BCUT2D eigenvalue weighted by molar-refractivity contribution is -0.0898. The van der Waals surface area contributed by atoms with E-state index < -0.39 is 34.6 Å². The maximum Gasteiger partial charge on any atom is 0.218 e. The van der Waals surface area contributed by atoms with Crippen LogP contribution in [0.3, 0.4) is 0 Å². The molecular formula is C33H35NO6S. The summed E-state index contributed by atoms with van der Waals surface area (Å²) < 4.78 is 54.4. The van der Waals surface area contributed by atoms with Gasteiger partial charge in [-0.15, -0.1) is 0 Å². The van der Waals surface area contributed by atoms with Gasteiger partial charge in [-0.3, -0.25) is 0 Å². The highest BCUT2D eigenvalue weighted by atomic mass is 32.2. The molecule has 1 saturated heterocycles. The minimum atomic E-state index is -3.76. The molecule has 5 rings (SSSR count). The van der Waals surface area contributed by atoms with Gasteiger partial charge < -0.3 is 18.9 Å². The van der Waals surface area contributed by atoms with Crippen molar-refractivity contribution >= 4 is 10.0 Å². The van der Waals surface area contributed by atoms with Gasteiger partial charge in [-0.05, 0) is 22.3 Å². The molecule has 0 amide bonds. The zero-order valence-electron chi connectivity index (χ0n) is 22.7. The summed E-state index contributed by atoms with van der Waals surface area (Å²) in [6, 6.07) is 38.5. The molecule has 4 aromatic carbocycles. The van der Waals surface area contributed by atoms with Gasteiger partial charge >= 0.3 is 0 Å².